The minimum Gasteiger partial charge on any atom is -0.465 e. The number of nitrogens with one attached hydrogen (secondary N) is 1. The Morgan fingerprint density at radius 3 is 2.40 bits per heavy atom. The van der Waals surface area contributed by atoms with Crippen LogP contribution in [0.15, 0.2) is 48.8 Å². The molecule has 1 aliphatic carbocycles. The number of rotatable bonds is 13. The van der Waals surface area contributed by atoms with Gasteiger partial charge in [-0.1, -0.05) is 45.9 Å². The first-order chi connectivity index (χ1) is 22.7. The van der Waals surface area contributed by atoms with Crippen LogP contribution in [-0.4, -0.2) is 68.6 Å². The summed E-state index contributed by atoms with van der Waals surface area (Å²) in [6.45, 7) is 9.38. The number of para-hydroxylation sites is 1. The predicted octanol–water partition coefficient (Wildman–Crippen LogP) is 3.28. The largest absolute Gasteiger partial charge is 0.465 e. The van der Waals surface area contributed by atoms with Crippen molar-refractivity contribution in [3.8, 4) is 11.8 Å². The maximum Gasteiger partial charge on any atom is 0.460 e. The van der Waals surface area contributed by atoms with Crippen molar-refractivity contribution < 1.29 is 46.9 Å². The Kier molecular flexibility index (Phi) is 9.53. The smallest absolute Gasteiger partial charge is 0.460 e. The first-order valence-electron chi connectivity index (χ1n) is 15.3. The lowest BCUT2D eigenvalue weighted by atomic mass is 10.0. The van der Waals surface area contributed by atoms with E-state index >= 15 is 0 Å². The summed E-state index contributed by atoms with van der Waals surface area (Å²) >= 11 is 0. The SMILES string of the molecule is CCOC(=O)[C@H](C)NP(=O)(Oc1ccccc1)OC1[C@@]2(C#N)O[C@@H](c3ccc4c(N)ncnn34)[C@H](OC(=O)C(C)C)[C@@]12OC(=O)C(C)C. The van der Waals surface area contributed by atoms with Crippen LogP contribution in [0.4, 0.5) is 5.82 Å². The lowest BCUT2D eigenvalue weighted by molar-refractivity contribution is -0.181. The molecule has 16 nitrogen and oxygen atoms in total. The maximum absolute atomic E-state index is 14.6. The maximum atomic E-state index is 14.6. The van der Waals surface area contributed by atoms with E-state index in [0.717, 1.165) is 0 Å². The van der Waals surface area contributed by atoms with Gasteiger partial charge >= 0.3 is 25.7 Å². The fourth-order valence-electron chi connectivity index (χ4n) is 5.42. The summed E-state index contributed by atoms with van der Waals surface area (Å²) in [5.74, 6) is -3.38. The summed E-state index contributed by atoms with van der Waals surface area (Å²) in [6, 6.07) is 12.0. The van der Waals surface area contributed by atoms with Crippen molar-refractivity contribution in [1.82, 2.24) is 19.7 Å². The van der Waals surface area contributed by atoms with E-state index in [0.29, 0.717) is 11.2 Å². The number of nitrogens with zero attached hydrogens (tertiary/aromatic N) is 4. The number of fused-ring (bicyclic) bond motifs is 2. The number of esters is 3. The van der Waals surface area contributed by atoms with Gasteiger partial charge in [0.05, 0.1) is 24.1 Å². The van der Waals surface area contributed by atoms with Crippen LogP contribution >= 0.6 is 7.75 Å². The van der Waals surface area contributed by atoms with Crippen LogP contribution in [-0.2, 0) is 42.4 Å². The molecule has 1 aliphatic heterocycles. The van der Waals surface area contributed by atoms with Gasteiger partial charge in [0.15, 0.2) is 18.0 Å². The molecule has 0 radical (unpaired) electrons. The number of ether oxygens (including phenoxy) is 4. The molecule has 0 bridgehead atoms. The Morgan fingerprint density at radius 1 is 1.08 bits per heavy atom. The van der Waals surface area contributed by atoms with Gasteiger partial charge in [-0.25, -0.2) is 14.1 Å². The molecule has 3 aromatic rings. The van der Waals surface area contributed by atoms with Gasteiger partial charge in [0.25, 0.3) is 0 Å². The zero-order valence-electron chi connectivity index (χ0n) is 27.2. The first-order valence-corrected chi connectivity index (χ1v) is 16.9. The van der Waals surface area contributed by atoms with Crippen LogP contribution in [0.2, 0.25) is 0 Å². The van der Waals surface area contributed by atoms with Gasteiger partial charge in [-0.2, -0.15) is 15.4 Å². The highest BCUT2D eigenvalue weighted by Crippen LogP contribution is 2.71. The summed E-state index contributed by atoms with van der Waals surface area (Å²) < 4.78 is 51.3. The number of carbonyl (C=O) groups is 3. The normalized spacial score (nSPS) is 26.3. The van der Waals surface area contributed by atoms with Crippen LogP contribution in [0.1, 0.15) is 53.3 Å². The van der Waals surface area contributed by atoms with Crippen molar-refractivity contribution in [2.45, 2.75) is 77.1 Å². The number of benzene rings is 1. The third-order valence-electron chi connectivity index (χ3n) is 7.90. The molecule has 2 fully saturated rings. The Labute approximate surface area is 276 Å². The molecule has 0 spiro atoms. The molecular formula is C31H37N6O10P. The molecule has 256 valence electrons. The second-order valence-electron chi connectivity index (χ2n) is 12.0. The van der Waals surface area contributed by atoms with E-state index in [9.17, 15) is 24.2 Å². The summed E-state index contributed by atoms with van der Waals surface area (Å²) in [5.41, 5.74) is 2.39. The lowest BCUT2D eigenvalue weighted by Crippen LogP contribution is -2.45. The van der Waals surface area contributed by atoms with Crippen LogP contribution in [0, 0.1) is 23.2 Å². The minimum absolute atomic E-state index is 0.0487. The van der Waals surface area contributed by atoms with Gasteiger partial charge in [-0.05, 0) is 38.1 Å². The third-order valence-corrected chi connectivity index (χ3v) is 9.54. The monoisotopic (exact) mass is 684 g/mol. The molecule has 7 atom stereocenters. The van der Waals surface area contributed by atoms with Crippen molar-refractivity contribution in [1.29, 1.82) is 5.26 Å². The molecule has 2 aliphatic rings. The summed E-state index contributed by atoms with van der Waals surface area (Å²) in [5, 5.41) is 17.6. The number of hydrogen-bond donors (Lipinski definition) is 2. The molecule has 0 amide bonds. The highest BCUT2D eigenvalue weighted by molar-refractivity contribution is 7.52. The van der Waals surface area contributed by atoms with Gasteiger partial charge in [0.1, 0.15) is 35.8 Å². The Bertz CT molecular complexity index is 1790. The van der Waals surface area contributed by atoms with Gasteiger partial charge in [-0.3, -0.25) is 18.9 Å². The molecule has 1 aromatic carbocycles. The number of carbonyl (C=O) groups excluding carboxylic acids is 3. The van der Waals surface area contributed by atoms with Crippen LogP contribution in [0.5, 0.6) is 5.75 Å². The standard InChI is InChI=1S/C31H37N6O10P/c1-7-42-28(40)19(6)36-48(41,46-20-11-9-8-10-12-20)47-29-30(15-32)31(29,45-27(39)18(4)5)24(43-26(38)17(2)3)23(44-30)21-13-14-22-25(33)34-16-35-37(21)22/h8-14,16-19,23-24,29H,7H2,1-6H3,(H,36,41)(H2,33,34,35)/t19-,23-,24-,29?,30+,31+,48?/m0/s1. The van der Waals surface area contributed by atoms with E-state index in [1.54, 1.807) is 65.0 Å². The van der Waals surface area contributed by atoms with Crippen LogP contribution < -0.4 is 15.3 Å². The molecule has 17 heteroatoms. The van der Waals surface area contributed by atoms with Crippen molar-refractivity contribution in [2.75, 3.05) is 12.3 Å². The molecule has 1 saturated carbocycles. The zero-order chi connectivity index (χ0) is 35.0. The average molecular weight is 685 g/mol. The Morgan fingerprint density at radius 2 is 1.77 bits per heavy atom. The summed E-state index contributed by atoms with van der Waals surface area (Å²) in [4.78, 5) is 43.1. The molecule has 3 N–H and O–H groups in total. The lowest BCUT2D eigenvalue weighted by Gasteiger charge is -2.30. The van der Waals surface area contributed by atoms with Crippen molar-refractivity contribution >= 4 is 37.0 Å². The van der Waals surface area contributed by atoms with Gasteiger partial charge in [0, 0.05) is 0 Å². The molecule has 1 saturated heterocycles. The van der Waals surface area contributed by atoms with Gasteiger partial charge in [0.2, 0.25) is 11.2 Å². The molecule has 2 unspecified atom stereocenters. The number of nitrogens with two attached hydrogens (primary N) is 1. The van der Waals surface area contributed by atoms with Gasteiger partial charge in [-0.15, -0.1) is 0 Å². The second kappa shape index (κ2) is 13.2. The predicted molar refractivity (Wildman–Crippen MR) is 167 cm³/mol. The number of anilines is 1. The van der Waals surface area contributed by atoms with E-state index < -0.39 is 73.0 Å². The Balaban J connectivity index is 1.63. The average Bonchev–Trinajstić information content (AvgIpc) is 3.29. The number of nitriles is 1. The van der Waals surface area contributed by atoms with E-state index in [1.165, 1.54) is 29.9 Å². The van der Waals surface area contributed by atoms with Crippen LogP contribution in [0.25, 0.3) is 5.52 Å². The summed E-state index contributed by atoms with van der Waals surface area (Å²) in [6.07, 6.45) is -3.22. The quantitative estimate of drug-likeness (QED) is 0.150. The molecule has 3 heterocycles. The highest BCUT2D eigenvalue weighted by atomic mass is 31.2. The first kappa shape index (κ1) is 34.8. The molecule has 48 heavy (non-hydrogen) atoms. The van der Waals surface area contributed by atoms with E-state index in [1.807, 2.05) is 6.07 Å². The second-order valence-corrected chi connectivity index (χ2v) is 13.6. The summed E-state index contributed by atoms with van der Waals surface area (Å²) in [7, 11) is -4.65. The number of nitrogen functional groups attached to an aromatic ring is 1. The fourth-order valence-corrected chi connectivity index (χ4v) is 7.14. The Hall–Kier alpha value is -4.55. The van der Waals surface area contributed by atoms with Crippen molar-refractivity contribution in [3.63, 3.8) is 0 Å². The van der Waals surface area contributed by atoms with E-state index in [2.05, 4.69) is 15.2 Å². The fraction of sp³-hybridized carbons (Fsp3) is 0.484. The van der Waals surface area contributed by atoms with Gasteiger partial charge < -0.3 is 29.2 Å². The highest BCUT2D eigenvalue weighted by Gasteiger charge is 2.95. The molecular weight excluding hydrogens is 647 g/mol. The molecule has 2 aromatic heterocycles. The number of aromatic nitrogens is 3. The van der Waals surface area contributed by atoms with Crippen molar-refractivity contribution in [3.05, 3.63) is 54.5 Å². The van der Waals surface area contributed by atoms with E-state index in [-0.39, 0.29) is 18.2 Å². The third kappa shape index (κ3) is 5.99. The molecule has 5 rings (SSSR count). The number of hydrogen-bond acceptors (Lipinski definition) is 14. The topological polar surface area (TPSA) is 216 Å². The van der Waals surface area contributed by atoms with E-state index in [4.69, 9.17) is 33.7 Å². The minimum atomic E-state index is -4.65. The zero-order valence-corrected chi connectivity index (χ0v) is 28.1. The van der Waals surface area contributed by atoms with Crippen molar-refractivity contribution in [2.24, 2.45) is 11.8 Å². The van der Waals surface area contributed by atoms with Crippen LogP contribution in [0.3, 0.4) is 0 Å².